The standard InChI is InChI=1S/C12H21N3O2/c1-9(2)17-8-7-15(3)11-6-5-10(13)12(14-11)16-4/h5-6,9H,7-8,13H2,1-4H3. The van der Waals surface area contributed by atoms with Gasteiger partial charge in [-0.15, -0.1) is 0 Å². The van der Waals surface area contributed by atoms with Crippen LogP contribution in [0.2, 0.25) is 0 Å². The van der Waals surface area contributed by atoms with Crippen molar-refractivity contribution in [2.45, 2.75) is 20.0 Å². The number of nitrogens with zero attached hydrogens (tertiary/aromatic N) is 2. The van der Waals surface area contributed by atoms with Crippen LogP contribution < -0.4 is 15.4 Å². The minimum Gasteiger partial charge on any atom is -0.479 e. The summed E-state index contributed by atoms with van der Waals surface area (Å²) in [6.45, 7) is 5.48. The Morgan fingerprint density at radius 3 is 2.71 bits per heavy atom. The highest BCUT2D eigenvalue weighted by Crippen LogP contribution is 2.21. The molecule has 0 aliphatic carbocycles. The van der Waals surface area contributed by atoms with Gasteiger partial charge in [0.25, 0.3) is 0 Å². The van der Waals surface area contributed by atoms with Crippen LogP contribution in [0.25, 0.3) is 0 Å². The Balaban J connectivity index is 2.59. The number of aromatic nitrogens is 1. The zero-order valence-electron chi connectivity index (χ0n) is 10.9. The summed E-state index contributed by atoms with van der Waals surface area (Å²) < 4.78 is 10.6. The van der Waals surface area contributed by atoms with Gasteiger partial charge < -0.3 is 20.1 Å². The number of nitrogen functional groups attached to an aromatic ring is 1. The van der Waals surface area contributed by atoms with E-state index >= 15 is 0 Å². The van der Waals surface area contributed by atoms with Gasteiger partial charge in [-0.05, 0) is 26.0 Å². The number of nitrogens with two attached hydrogens (primary N) is 1. The number of pyridine rings is 1. The van der Waals surface area contributed by atoms with Gasteiger partial charge >= 0.3 is 0 Å². The first-order valence-electron chi connectivity index (χ1n) is 5.68. The lowest BCUT2D eigenvalue weighted by Gasteiger charge is -2.19. The molecule has 0 aliphatic heterocycles. The molecule has 2 N–H and O–H groups in total. The van der Waals surface area contributed by atoms with Gasteiger partial charge in [-0.25, -0.2) is 0 Å². The van der Waals surface area contributed by atoms with Crippen molar-refractivity contribution in [1.29, 1.82) is 0 Å². The second kappa shape index (κ2) is 6.30. The van der Waals surface area contributed by atoms with E-state index in [4.69, 9.17) is 15.2 Å². The molecule has 5 nitrogen and oxygen atoms in total. The maximum Gasteiger partial charge on any atom is 0.238 e. The fourth-order valence-corrected chi connectivity index (χ4v) is 1.36. The number of hydrogen-bond donors (Lipinski definition) is 1. The Morgan fingerprint density at radius 2 is 2.12 bits per heavy atom. The third-order valence-electron chi connectivity index (χ3n) is 2.34. The quantitative estimate of drug-likeness (QED) is 0.815. The topological polar surface area (TPSA) is 60.6 Å². The van der Waals surface area contributed by atoms with Gasteiger partial charge in [0.1, 0.15) is 5.82 Å². The first-order valence-corrected chi connectivity index (χ1v) is 5.68. The normalized spacial score (nSPS) is 10.6. The summed E-state index contributed by atoms with van der Waals surface area (Å²) in [5.74, 6) is 1.28. The summed E-state index contributed by atoms with van der Waals surface area (Å²) in [6, 6.07) is 3.66. The van der Waals surface area contributed by atoms with E-state index in [1.807, 2.05) is 31.9 Å². The number of likely N-dealkylation sites (N-methyl/N-ethyl adjacent to an activating group) is 1. The summed E-state index contributed by atoms with van der Waals surface area (Å²) in [6.07, 6.45) is 0.248. The molecule has 96 valence electrons. The van der Waals surface area contributed by atoms with E-state index < -0.39 is 0 Å². The van der Waals surface area contributed by atoms with Crippen molar-refractivity contribution in [3.05, 3.63) is 12.1 Å². The molecule has 0 spiro atoms. The van der Waals surface area contributed by atoms with Crippen molar-refractivity contribution in [3.8, 4) is 5.88 Å². The van der Waals surface area contributed by atoms with Crippen molar-refractivity contribution < 1.29 is 9.47 Å². The van der Waals surface area contributed by atoms with Crippen molar-refractivity contribution >= 4 is 11.5 Å². The molecule has 1 aromatic rings. The van der Waals surface area contributed by atoms with E-state index in [1.54, 1.807) is 13.2 Å². The predicted octanol–water partition coefficient (Wildman–Crippen LogP) is 1.53. The third kappa shape index (κ3) is 4.11. The van der Waals surface area contributed by atoms with Gasteiger partial charge in [0.2, 0.25) is 5.88 Å². The molecule has 1 aromatic heterocycles. The van der Waals surface area contributed by atoms with E-state index in [1.165, 1.54) is 0 Å². The van der Waals surface area contributed by atoms with Crippen molar-refractivity contribution in [2.75, 3.05) is 37.9 Å². The van der Waals surface area contributed by atoms with Crippen LogP contribution in [0.15, 0.2) is 12.1 Å². The average Bonchev–Trinajstić information content (AvgIpc) is 2.29. The molecule has 1 rings (SSSR count). The van der Waals surface area contributed by atoms with E-state index in [0.29, 0.717) is 18.2 Å². The fraction of sp³-hybridized carbons (Fsp3) is 0.583. The molecule has 5 heteroatoms. The van der Waals surface area contributed by atoms with E-state index in [-0.39, 0.29) is 6.10 Å². The zero-order valence-corrected chi connectivity index (χ0v) is 10.9. The van der Waals surface area contributed by atoms with E-state index in [0.717, 1.165) is 12.4 Å². The minimum atomic E-state index is 0.248. The van der Waals surface area contributed by atoms with Crippen molar-refractivity contribution in [1.82, 2.24) is 4.98 Å². The summed E-state index contributed by atoms with van der Waals surface area (Å²) in [4.78, 5) is 6.32. The largest absolute Gasteiger partial charge is 0.479 e. The average molecular weight is 239 g/mol. The fourth-order valence-electron chi connectivity index (χ4n) is 1.36. The monoisotopic (exact) mass is 239 g/mol. The molecule has 0 aliphatic rings. The summed E-state index contributed by atoms with van der Waals surface area (Å²) in [5, 5.41) is 0. The van der Waals surface area contributed by atoms with Crippen LogP contribution in [0.1, 0.15) is 13.8 Å². The number of hydrogen-bond acceptors (Lipinski definition) is 5. The van der Waals surface area contributed by atoms with Gasteiger partial charge in [-0.1, -0.05) is 0 Å². The third-order valence-corrected chi connectivity index (χ3v) is 2.34. The Kier molecular flexibility index (Phi) is 5.03. The first kappa shape index (κ1) is 13.6. The second-order valence-corrected chi connectivity index (χ2v) is 4.11. The molecule has 0 aromatic carbocycles. The van der Waals surface area contributed by atoms with Crippen LogP contribution in [-0.2, 0) is 4.74 Å². The van der Waals surface area contributed by atoms with Gasteiger partial charge in [0, 0.05) is 13.6 Å². The van der Waals surface area contributed by atoms with Gasteiger partial charge in [0.05, 0.1) is 25.5 Å². The van der Waals surface area contributed by atoms with Gasteiger partial charge in [-0.3, -0.25) is 0 Å². The van der Waals surface area contributed by atoms with Crippen LogP contribution in [0.5, 0.6) is 5.88 Å². The molecular weight excluding hydrogens is 218 g/mol. The molecule has 1 heterocycles. The lowest BCUT2D eigenvalue weighted by Crippen LogP contribution is -2.24. The molecule has 0 saturated carbocycles. The van der Waals surface area contributed by atoms with Crippen LogP contribution in [-0.4, -0.2) is 38.4 Å². The molecule has 17 heavy (non-hydrogen) atoms. The maximum atomic E-state index is 5.71. The Hall–Kier alpha value is -1.49. The molecule has 0 radical (unpaired) electrons. The number of methoxy groups -OCH3 is 1. The van der Waals surface area contributed by atoms with Crippen molar-refractivity contribution in [3.63, 3.8) is 0 Å². The lowest BCUT2D eigenvalue weighted by molar-refractivity contribution is 0.0845. The zero-order chi connectivity index (χ0) is 12.8. The van der Waals surface area contributed by atoms with E-state index in [9.17, 15) is 0 Å². The molecule has 0 atom stereocenters. The minimum absolute atomic E-state index is 0.248. The molecule has 0 fully saturated rings. The molecule has 0 amide bonds. The molecule has 0 unspecified atom stereocenters. The number of anilines is 2. The van der Waals surface area contributed by atoms with Crippen LogP contribution in [0, 0.1) is 0 Å². The Morgan fingerprint density at radius 1 is 1.41 bits per heavy atom. The first-order chi connectivity index (χ1) is 8.04. The van der Waals surface area contributed by atoms with Crippen LogP contribution in [0.4, 0.5) is 11.5 Å². The Labute approximate surface area is 103 Å². The number of ether oxygens (including phenoxy) is 2. The Bertz CT molecular complexity index is 356. The van der Waals surface area contributed by atoms with Crippen molar-refractivity contribution in [2.24, 2.45) is 0 Å². The van der Waals surface area contributed by atoms with Gasteiger partial charge in [-0.2, -0.15) is 4.98 Å². The predicted molar refractivity (Wildman–Crippen MR) is 69.6 cm³/mol. The highest BCUT2D eigenvalue weighted by Gasteiger charge is 2.07. The highest BCUT2D eigenvalue weighted by molar-refractivity contribution is 5.54. The van der Waals surface area contributed by atoms with E-state index in [2.05, 4.69) is 4.98 Å². The summed E-state index contributed by atoms with van der Waals surface area (Å²) >= 11 is 0. The van der Waals surface area contributed by atoms with Gasteiger partial charge in [0.15, 0.2) is 0 Å². The summed E-state index contributed by atoms with van der Waals surface area (Å²) in [5.41, 5.74) is 6.25. The maximum absolute atomic E-state index is 5.71. The lowest BCUT2D eigenvalue weighted by atomic mass is 10.4. The SMILES string of the molecule is COc1nc(N(C)CCOC(C)C)ccc1N. The molecule has 0 saturated heterocycles. The van der Waals surface area contributed by atoms with Crippen LogP contribution >= 0.6 is 0 Å². The smallest absolute Gasteiger partial charge is 0.238 e. The number of rotatable bonds is 6. The molecule has 0 bridgehead atoms. The van der Waals surface area contributed by atoms with Crippen LogP contribution in [0.3, 0.4) is 0 Å². The molecular formula is C12H21N3O2. The second-order valence-electron chi connectivity index (χ2n) is 4.11. The summed E-state index contributed by atoms with van der Waals surface area (Å²) in [7, 11) is 3.52. The highest BCUT2D eigenvalue weighted by atomic mass is 16.5.